The zero-order valence-electron chi connectivity index (χ0n) is 11.4. The Hall–Kier alpha value is -1.94. The van der Waals surface area contributed by atoms with Crippen LogP contribution in [-0.2, 0) is 6.61 Å². The van der Waals surface area contributed by atoms with Gasteiger partial charge in [-0.05, 0) is 52.7 Å². The quantitative estimate of drug-likeness (QED) is 0.664. The molecule has 0 aliphatic carbocycles. The van der Waals surface area contributed by atoms with Gasteiger partial charge in [-0.25, -0.2) is 9.37 Å². The maximum atomic E-state index is 13.2. The molecule has 21 heavy (non-hydrogen) atoms. The zero-order valence-corrected chi connectivity index (χ0v) is 13.0. The first-order valence-corrected chi connectivity index (χ1v) is 7.36. The first-order chi connectivity index (χ1) is 10.1. The van der Waals surface area contributed by atoms with Crippen molar-refractivity contribution in [2.75, 3.05) is 0 Å². The van der Waals surface area contributed by atoms with Gasteiger partial charge in [-0.1, -0.05) is 24.3 Å². The Morgan fingerprint density at radius 3 is 2.81 bits per heavy atom. The lowest BCUT2D eigenvalue weighted by molar-refractivity contribution is 0.309. The summed E-state index contributed by atoms with van der Waals surface area (Å²) in [5.41, 5.74) is 2.69. The van der Waals surface area contributed by atoms with E-state index in [1.165, 1.54) is 6.07 Å². The molecule has 0 fully saturated rings. The van der Waals surface area contributed by atoms with Gasteiger partial charge in [-0.15, -0.1) is 0 Å². The standard InChI is InChI=1S/C17H13BrFNO/c1-11-5-7-13-3-2-4-16(17(13)20-11)21-10-12-6-8-15(19)14(18)9-12/h2-9H,10H2,1H3. The van der Waals surface area contributed by atoms with E-state index in [1.54, 1.807) is 12.1 Å². The number of aromatic nitrogens is 1. The number of benzene rings is 2. The van der Waals surface area contributed by atoms with Crippen LogP contribution in [0.2, 0.25) is 0 Å². The predicted octanol–water partition coefficient (Wildman–Crippen LogP) is 5.02. The highest BCUT2D eigenvalue weighted by Crippen LogP contribution is 2.25. The molecule has 0 amide bonds. The van der Waals surface area contributed by atoms with Gasteiger partial charge < -0.3 is 4.74 Å². The number of hydrogen-bond donors (Lipinski definition) is 0. The van der Waals surface area contributed by atoms with Crippen molar-refractivity contribution in [2.45, 2.75) is 13.5 Å². The van der Waals surface area contributed by atoms with Crippen molar-refractivity contribution in [1.82, 2.24) is 4.98 Å². The molecule has 0 saturated heterocycles. The predicted molar refractivity (Wildman–Crippen MR) is 84.9 cm³/mol. The van der Waals surface area contributed by atoms with Gasteiger partial charge >= 0.3 is 0 Å². The van der Waals surface area contributed by atoms with E-state index in [9.17, 15) is 4.39 Å². The molecule has 0 N–H and O–H groups in total. The van der Waals surface area contributed by atoms with Crippen LogP contribution in [0.1, 0.15) is 11.3 Å². The van der Waals surface area contributed by atoms with Crippen molar-refractivity contribution in [2.24, 2.45) is 0 Å². The van der Waals surface area contributed by atoms with Gasteiger partial charge in [0, 0.05) is 11.1 Å². The van der Waals surface area contributed by atoms with Crippen molar-refractivity contribution in [3.63, 3.8) is 0 Å². The van der Waals surface area contributed by atoms with E-state index < -0.39 is 0 Å². The number of ether oxygens (including phenoxy) is 1. The molecule has 0 aliphatic rings. The Morgan fingerprint density at radius 1 is 1.14 bits per heavy atom. The van der Waals surface area contributed by atoms with E-state index in [-0.39, 0.29) is 5.82 Å². The molecule has 0 saturated carbocycles. The minimum absolute atomic E-state index is 0.277. The van der Waals surface area contributed by atoms with Crippen LogP contribution >= 0.6 is 15.9 Å². The smallest absolute Gasteiger partial charge is 0.146 e. The second-order valence-corrected chi connectivity index (χ2v) is 5.67. The minimum atomic E-state index is -0.277. The highest BCUT2D eigenvalue weighted by molar-refractivity contribution is 9.10. The highest BCUT2D eigenvalue weighted by Gasteiger charge is 2.06. The molecule has 3 aromatic rings. The van der Waals surface area contributed by atoms with E-state index in [0.29, 0.717) is 11.1 Å². The minimum Gasteiger partial charge on any atom is -0.487 e. The summed E-state index contributed by atoms with van der Waals surface area (Å²) in [6, 6.07) is 14.7. The van der Waals surface area contributed by atoms with Crippen molar-refractivity contribution >= 4 is 26.8 Å². The van der Waals surface area contributed by atoms with Gasteiger partial charge in [-0.2, -0.15) is 0 Å². The Kier molecular flexibility index (Phi) is 3.88. The second-order valence-electron chi connectivity index (χ2n) is 4.82. The summed E-state index contributed by atoms with van der Waals surface area (Å²) in [5.74, 6) is 0.456. The van der Waals surface area contributed by atoms with Crippen LogP contribution in [0.5, 0.6) is 5.75 Å². The summed E-state index contributed by atoms with van der Waals surface area (Å²) in [5, 5.41) is 1.04. The van der Waals surface area contributed by atoms with Crippen molar-refractivity contribution in [3.05, 3.63) is 70.1 Å². The van der Waals surface area contributed by atoms with Crippen molar-refractivity contribution in [1.29, 1.82) is 0 Å². The third-order valence-electron chi connectivity index (χ3n) is 3.20. The van der Waals surface area contributed by atoms with Crippen LogP contribution in [0, 0.1) is 12.7 Å². The first-order valence-electron chi connectivity index (χ1n) is 6.56. The van der Waals surface area contributed by atoms with Gasteiger partial charge in [0.05, 0.1) is 4.47 Å². The maximum absolute atomic E-state index is 13.2. The molecule has 0 bridgehead atoms. The second kappa shape index (κ2) is 5.82. The Morgan fingerprint density at radius 2 is 2.00 bits per heavy atom. The van der Waals surface area contributed by atoms with Crippen LogP contribution in [0.25, 0.3) is 10.9 Å². The lowest BCUT2D eigenvalue weighted by atomic mass is 10.2. The molecule has 2 aromatic carbocycles. The summed E-state index contributed by atoms with van der Waals surface area (Å²) in [6.45, 7) is 2.32. The number of rotatable bonds is 3. The molecule has 0 spiro atoms. The number of halogens is 2. The molecule has 1 aromatic heterocycles. The lowest BCUT2D eigenvalue weighted by Gasteiger charge is -2.09. The normalized spacial score (nSPS) is 10.8. The third kappa shape index (κ3) is 3.05. The molecule has 1 heterocycles. The zero-order chi connectivity index (χ0) is 14.8. The average molecular weight is 346 g/mol. The Balaban J connectivity index is 1.88. The Bertz CT molecular complexity index is 804. The first kappa shape index (κ1) is 14.0. The molecule has 0 unspecified atom stereocenters. The van der Waals surface area contributed by atoms with Gasteiger partial charge in [0.25, 0.3) is 0 Å². The van der Waals surface area contributed by atoms with Gasteiger partial charge in [0.2, 0.25) is 0 Å². The number of aryl methyl sites for hydroxylation is 1. The summed E-state index contributed by atoms with van der Waals surface area (Å²) >= 11 is 3.18. The van der Waals surface area contributed by atoms with Gasteiger partial charge in [0.15, 0.2) is 0 Å². The van der Waals surface area contributed by atoms with Crippen LogP contribution in [-0.4, -0.2) is 4.98 Å². The molecule has 4 heteroatoms. The number of fused-ring (bicyclic) bond motifs is 1. The van der Waals surface area contributed by atoms with Gasteiger partial charge in [-0.3, -0.25) is 0 Å². The average Bonchev–Trinajstić information content (AvgIpc) is 2.48. The molecule has 0 atom stereocenters. The summed E-state index contributed by atoms with van der Waals surface area (Å²) < 4.78 is 19.5. The largest absolute Gasteiger partial charge is 0.487 e. The van der Waals surface area contributed by atoms with Crippen molar-refractivity contribution in [3.8, 4) is 5.75 Å². The number of hydrogen-bond acceptors (Lipinski definition) is 2. The molecule has 2 nitrogen and oxygen atoms in total. The lowest BCUT2D eigenvalue weighted by Crippen LogP contribution is -1.97. The summed E-state index contributed by atoms with van der Waals surface area (Å²) in [7, 11) is 0. The Labute approximate surface area is 130 Å². The maximum Gasteiger partial charge on any atom is 0.146 e. The topological polar surface area (TPSA) is 22.1 Å². The van der Waals surface area contributed by atoms with E-state index in [0.717, 1.165) is 27.9 Å². The molecule has 0 radical (unpaired) electrons. The number of para-hydroxylation sites is 1. The van der Waals surface area contributed by atoms with E-state index in [4.69, 9.17) is 4.74 Å². The molecule has 3 rings (SSSR count). The highest BCUT2D eigenvalue weighted by atomic mass is 79.9. The monoisotopic (exact) mass is 345 g/mol. The third-order valence-corrected chi connectivity index (χ3v) is 3.81. The molecule has 0 aliphatic heterocycles. The molecular formula is C17H13BrFNO. The van der Waals surface area contributed by atoms with Crippen LogP contribution < -0.4 is 4.74 Å². The van der Waals surface area contributed by atoms with E-state index >= 15 is 0 Å². The van der Waals surface area contributed by atoms with Crippen LogP contribution in [0.4, 0.5) is 4.39 Å². The fourth-order valence-corrected chi connectivity index (χ4v) is 2.55. The van der Waals surface area contributed by atoms with Crippen molar-refractivity contribution < 1.29 is 9.13 Å². The van der Waals surface area contributed by atoms with Gasteiger partial charge in [0.1, 0.15) is 23.7 Å². The summed E-state index contributed by atoms with van der Waals surface area (Å²) in [4.78, 5) is 4.53. The van der Waals surface area contributed by atoms with Crippen LogP contribution in [0.15, 0.2) is 53.0 Å². The molecule has 106 valence electrons. The van der Waals surface area contributed by atoms with Crippen LogP contribution in [0.3, 0.4) is 0 Å². The molecular weight excluding hydrogens is 333 g/mol. The summed E-state index contributed by atoms with van der Waals surface area (Å²) in [6.07, 6.45) is 0. The van der Waals surface area contributed by atoms with E-state index in [2.05, 4.69) is 20.9 Å². The van der Waals surface area contributed by atoms with E-state index in [1.807, 2.05) is 37.3 Å². The SMILES string of the molecule is Cc1ccc2cccc(OCc3ccc(F)c(Br)c3)c2n1. The fraction of sp³-hybridized carbons (Fsp3) is 0.118. The number of pyridine rings is 1. The fourth-order valence-electron chi connectivity index (χ4n) is 2.12. The number of nitrogens with zero attached hydrogens (tertiary/aromatic N) is 1.